The molecule has 2 saturated heterocycles. The Balaban J connectivity index is 1.78. The minimum Gasteiger partial charge on any atom is -0.468 e. The van der Waals surface area contributed by atoms with E-state index in [1.54, 1.807) is 28.2 Å². The normalized spacial score (nSPS) is 29.0. The highest BCUT2D eigenvalue weighted by molar-refractivity contribution is 8.01. The van der Waals surface area contributed by atoms with Gasteiger partial charge in [-0.15, -0.1) is 11.8 Å². The first-order valence-corrected chi connectivity index (χ1v) is 11.1. The van der Waals surface area contributed by atoms with Crippen molar-refractivity contribution in [3.8, 4) is 0 Å². The lowest BCUT2D eigenvalue weighted by atomic mass is 9.97. The Bertz CT molecular complexity index is 777. The molecule has 2 aliphatic rings. The molecule has 3 atom stereocenters. The van der Waals surface area contributed by atoms with E-state index in [1.165, 1.54) is 7.11 Å². The summed E-state index contributed by atoms with van der Waals surface area (Å²) in [7, 11) is -2.10. The monoisotopic (exact) mass is 398 g/mol. The number of sulfonamides is 1. The number of benzene rings is 1. The van der Waals surface area contributed by atoms with E-state index < -0.39 is 10.0 Å². The van der Waals surface area contributed by atoms with Crippen LogP contribution in [0.5, 0.6) is 0 Å². The van der Waals surface area contributed by atoms with Gasteiger partial charge in [0.15, 0.2) is 0 Å². The number of esters is 1. The zero-order chi connectivity index (χ0) is 19.1. The molecule has 3 unspecified atom stereocenters. The summed E-state index contributed by atoms with van der Waals surface area (Å²) in [5.41, 5.74) is 1.03. The maximum Gasteiger partial charge on any atom is 0.324 e. The first-order chi connectivity index (χ1) is 12.1. The molecular weight excluding hydrogens is 372 g/mol. The smallest absolute Gasteiger partial charge is 0.324 e. The summed E-state index contributed by atoms with van der Waals surface area (Å²) < 4.78 is 32.1. The molecule has 1 N–H and O–H groups in total. The second kappa shape index (κ2) is 7.14. The van der Waals surface area contributed by atoms with Gasteiger partial charge < -0.3 is 4.74 Å². The van der Waals surface area contributed by atoms with Gasteiger partial charge in [0.1, 0.15) is 6.04 Å². The van der Waals surface area contributed by atoms with E-state index in [0.717, 1.165) is 5.56 Å². The van der Waals surface area contributed by atoms with Gasteiger partial charge in [0, 0.05) is 29.1 Å². The molecule has 6 nitrogen and oxygen atoms in total. The van der Waals surface area contributed by atoms with Crippen LogP contribution in [-0.4, -0.2) is 61.0 Å². The molecule has 8 heteroatoms. The van der Waals surface area contributed by atoms with Crippen LogP contribution in [0.3, 0.4) is 0 Å². The average Bonchev–Trinajstić information content (AvgIpc) is 2.59. The van der Waals surface area contributed by atoms with Crippen molar-refractivity contribution in [3.63, 3.8) is 0 Å². The van der Waals surface area contributed by atoms with Gasteiger partial charge in [0.2, 0.25) is 10.0 Å². The first-order valence-electron chi connectivity index (χ1n) is 8.73. The molecule has 3 rings (SSSR count). The van der Waals surface area contributed by atoms with Crippen LogP contribution >= 0.6 is 11.8 Å². The van der Waals surface area contributed by atoms with Gasteiger partial charge in [0.05, 0.1) is 12.0 Å². The van der Waals surface area contributed by atoms with E-state index in [0.29, 0.717) is 24.4 Å². The van der Waals surface area contributed by atoms with Crippen LogP contribution in [0.15, 0.2) is 29.2 Å². The Labute approximate surface area is 159 Å². The van der Waals surface area contributed by atoms with Gasteiger partial charge in [0.25, 0.3) is 0 Å². The molecule has 2 heterocycles. The Morgan fingerprint density at radius 2 is 1.96 bits per heavy atom. The van der Waals surface area contributed by atoms with E-state index in [2.05, 4.69) is 5.32 Å². The number of ether oxygens (including phenoxy) is 1. The molecule has 0 saturated carbocycles. The maximum atomic E-state index is 13.0. The third kappa shape index (κ3) is 3.65. The summed E-state index contributed by atoms with van der Waals surface area (Å²) in [5, 5.41) is 3.50. The molecular formula is C18H26N2O4S2. The predicted octanol–water partition coefficient (Wildman–Crippen LogP) is 1.78. The number of fused-ring (bicyclic) bond motifs is 1. The summed E-state index contributed by atoms with van der Waals surface area (Å²) in [4.78, 5) is 12.4. The van der Waals surface area contributed by atoms with Gasteiger partial charge in [-0.25, -0.2) is 8.42 Å². The summed E-state index contributed by atoms with van der Waals surface area (Å²) >= 11 is 1.67. The van der Waals surface area contributed by atoms with Crippen LogP contribution in [0.25, 0.3) is 0 Å². The minimum atomic E-state index is -3.50. The van der Waals surface area contributed by atoms with Crippen molar-refractivity contribution in [2.75, 3.05) is 20.2 Å². The van der Waals surface area contributed by atoms with Gasteiger partial charge >= 0.3 is 5.97 Å². The first kappa shape index (κ1) is 19.7. The van der Waals surface area contributed by atoms with Crippen molar-refractivity contribution >= 4 is 27.8 Å². The number of hydrogen-bond donors (Lipinski definition) is 1. The quantitative estimate of drug-likeness (QED) is 0.783. The molecule has 26 heavy (non-hydrogen) atoms. The van der Waals surface area contributed by atoms with Gasteiger partial charge in [-0.05, 0) is 39.3 Å². The Hall–Kier alpha value is -1.09. The molecule has 0 amide bonds. The van der Waals surface area contributed by atoms with Crippen LogP contribution in [0.1, 0.15) is 25.8 Å². The highest BCUT2D eigenvalue weighted by Gasteiger charge is 2.49. The van der Waals surface area contributed by atoms with E-state index in [1.807, 2.05) is 32.9 Å². The van der Waals surface area contributed by atoms with E-state index in [9.17, 15) is 13.2 Å². The van der Waals surface area contributed by atoms with Crippen LogP contribution in [0, 0.1) is 6.92 Å². The molecule has 0 spiro atoms. The number of aryl methyl sites for hydroxylation is 1. The number of thioether (sulfide) groups is 1. The summed E-state index contributed by atoms with van der Waals surface area (Å²) in [5.74, 6) is -0.268. The molecule has 0 aromatic heterocycles. The molecule has 0 radical (unpaired) electrons. The highest BCUT2D eigenvalue weighted by Crippen LogP contribution is 2.41. The van der Waals surface area contributed by atoms with Crippen molar-refractivity contribution in [3.05, 3.63) is 29.8 Å². The zero-order valence-electron chi connectivity index (χ0n) is 15.6. The van der Waals surface area contributed by atoms with Crippen molar-refractivity contribution < 1.29 is 17.9 Å². The van der Waals surface area contributed by atoms with Crippen molar-refractivity contribution in [2.24, 2.45) is 0 Å². The third-order valence-corrected chi connectivity index (χ3v) is 8.65. The summed E-state index contributed by atoms with van der Waals surface area (Å²) in [6, 6.07) is 6.68. The Morgan fingerprint density at radius 1 is 1.31 bits per heavy atom. The second-order valence-corrected chi connectivity index (χ2v) is 11.3. The van der Waals surface area contributed by atoms with Gasteiger partial charge in [-0.1, -0.05) is 17.7 Å². The van der Waals surface area contributed by atoms with Crippen LogP contribution in [0.2, 0.25) is 0 Å². The number of hydrogen-bond acceptors (Lipinski definition) is 6. The number of carbonyl (C=O) groups is 1. The highest BCUT2D eigenvalue weighted by atomic mass is 32.2. The van der Waals surface area contributed by atoms with Crippen molar-refractivity contribution in [2.45, 2.75) is 54.2 Å². The van der Waals surface area contributed by atoms with Gasteiger partial charge in [-0.2, -0.15) is 4.31 Å². The van der Waals surface area contributed by atoms with Crippen LogP contribution in [-0.2, 0) is 19.6 Å². The fraction of sp³-hybridized carbons (Fsp3) is 0.611. The number of carbonyl (C=O) groups excluding carboxylic acids is 1. The van der Waals surface area contributed by atoms with E-state index in [4.69, 9.17) is 4.74 Å². The third-order valence-electron chi connectivity index (χ3n) is 5.15. The number of nitrogens with one attached hydrogen (secondary N) is 1. The molecule has 144 valence electrons. The van der Waals surface area contributed by atoms with Gasteiger partial charge in [-0.3, -0.25) is 10.1 Å². The molecule has 2 fully saturated rings. The average molecular weight is 399 g/mol. The number of piperidine rings is 1. The maximum absolute atomic E-state index is 13.0. The van der Waals surface area contributed by atoms with E-state index in [-0.39, 0.29) is 28.0 Å². The lowest BCUT2D eigenvalue weighted by Crippen LogP contribution is -2.65. The number of rotatable bonds is 3. The van der Waals surface area contributed by atoms with Crippen molar-refractivity contribution in [1.82, 2.24) is 9.62 Å². The zero-order valence-corrected chi connectivity index (χ0v) is 17.2. The number of nitrogens with zero attached hydrogens (tertiary/aromatic N) is 1. The molecule has 2 aliphatic heterocycles. The molecule has 0 aliphatic carbocycles. The molecule has 1 aromatic rings. The largest absolute Gasteiger partial charge is 0.468 e. The molecule has 1 aromatic carbocycles. The van der Waals surface area contributed by atoms with E-state index >= 15 is 0 Å². The fourth-order valence-electron chi connectivity index (χ4n) is 3.62. The topological polar surface area (TPSA) is 75.7 Å². The lowest BCUT2D eigenvalue weighted by Gasteiger charge is -2.49. The molecule has 0 bridgehead atoms. The second-order valence-electron chi connectivity index (χ2n) is 7.45. The standard InChI is InChI=1S/C18H26N2O4S2/c1-12-5-7-13(8-6-12)26(22,23)20-10-9-14-15(11-20)25-18(2,3)16(19-14)17(21)24-4/h5-8,14-16,19H,9-11H2,1-4H3. The fourth-order valence-corrected chi connectivity index (χ4v) is 6.91. The summed E-state index contributed by atoms with van der Waals surface area (Å²) in [6.07, 6.45) is 0.673. The number of methoxy groups -OCH3 is 1. The Kier molecular flexibility index (Phi) is 5.40. The predicted molar refractivity (Wildman–Crippen MR) is 103 cm³/mol. The van der Waals surface area contributed by atoms with Crippen LogP contribution in [0.4, 0.5) is 0 Å². The minimum absolute atomic E-state index is 0.0971. The van der Waals surface area contributed by atoms with Crippen molar-refractivity contribution in [1.29, 1.82) is 0 Å². The van der Waals surface area contributed by atoms with Crippen LogP contribution < -0.4 is 5.32 Å². The lowest BCUT2D eigenvalue weighted by molar-refractivity contribution is -0.144. The SMILES string of the molecule is COC(=O)C1NC2CCN(S(=O)(=O)c3ccc(C)cc3)CC2SC1(C)C. The Morgan fingerprint density at radius 3 is 2.58 bits per heavy atom. The summed E-state index contributed by atoms with van der Waals surface area (Å²) in [6.45, 7) is 6.81.